The van der Waals surface area contributed by atoms with Crippen molar-refractivity contribution in [2.24, 2.45) is 0 Å². The molecule has 0 aliphatic carbocycles. The standard InChI is InChI=1S/C47H33N3OSi/c1-52(2)40-26-12-10-24-37(40)43-41(52)29-38(42-36-23-9-11-25-39(36)51-44(42)43)47-49-45(34-21-13-19-32(27-34)30-15-5-3-6-16-30)48-46(50-47)35-22-14-20-33(28-35)31-17-7-4-8-18-31/h3-29H,1-2H3. The summed E-state index contributed by atoms with van der Waals surface area (Å²) in [5.74, 6) is 1.89. The van der Waals surface area contributed by atoms with E-state index >= 15 is 0 Å². The van der Waals surface area contributed by atoms with Crippen molar-refractivity contribution in [1.29, 1.82) is 0 Å². The summed E-state index contributed by atoms with van der Waals surface area (Å²) in [7, 11) is -2.09. The molecule has 0 amide bonds. The molecule has 0 saturated carbocycles. The Hall–Kier alpha value is -6.43. The molecule has 0 bridgehead atoms. The van der Waals surface area contributed by atoms with E-state index in [1.807, 2.05) is 18.2 Å². The summed E-state index contributed by atoms with van der Waals surface area (Å²) in [4.78, 5) is 15.8. The number of para-hydroxylation sites is 1. The lowest BCUT2D eigenvalue weighted by atomic mass is 9.98. The minimum absolute atomic E-state index is 0.629. The van der Waals surface area contributed by atoms with Crippen molar-refractivity contribution in [1.82, 2.24) is 15.0 Å². The van der Waals surface area contributed by atoms with Gasteiger partial charge in [-0.1, -0.05) is 153 Å². The first-order chi connectivity index (χ1) is 25.5. The van der Waals surface area contributed by atoms with Crippen LogP contribution in [0.5, 0.6) is 0 Å². The highest BCUT2D eigenvalue weighted by Crippen LogP contribution is 2.43. The highest BCUT2D eigenvalue weighted by Gasteiger charge is 2.40. The number of rotatable bonds is 5. The van der Waals surface area contributed by atoms with Gasteiger partial charge < -0.3 is 4.42 Å². The summed E-state index contributed by atoms with van der Waals surface area (Å²) in [6.45, 7) is 4.87. The van der Waals surface area contributed by atoms with Crippen LogP contribution in [0.3, 0.4) is 0 Å². The van der Waals surface area contributed by atoms with Crippen molar-refractivity contribution in [3.63, 3.8) is 0 Å². The van der Waals surface area contributed by atoms with Crippen LogP contribution in [-0.4, -0.2) is 23.0 Å². The van der Waals surface area contributed by atoms with E-state index in [9.17, 15) is 0 Å². The van der Waals surface area contributed by atoms with Crippen LogP contribution in [0.25, 0.3) is 89.5 Å². The molecule has 4 nitrogen and oxygen atoms in total. The molecule has 5 heteroatoms. The Morgan fingerprint density at radius 2 is 0.942 bits per heavy atom. The zero-order valence-electron chi connectivity index (χ0n) is 28.8. The van der Waals surface area contributed by atoms with Gasteiger partial charge in [-0.15, -0.1) is 0 Å². The first kappa shape index (κ1) is 30.4. The summed E-state index contributed by atoms with van der Waals surface area (Å²) in [5.41, 5.74) is 11.6. The molecule has 3 heterocycles. The average molecular weight is 684 g/mol. The molecule has 7 aromatic carbocycles. The number of hydrogen-bond donors (Lipinski definition) is 0. The van der Waals surface area contributed by atoms with E-state index in [4.69, 9.17) is 19.4 Å². The monoisotopic (exact) mass is 683 g/mol. The molecule has 0 atom stereocenters. The van der Waals surface area contributed by atoms with Crippen LogP contribution in [0.4, 0.5) is 0 Å². The van der Waals surface area contributed by atoms with E-state index in [0.717, 1.165) is 60.9 Å². The number of benzene rings is 7. The Balaban J connectivity index is 1.26. The van der Waals surface area contributed by atoms with Crippen LogP contribution in [0.1, 0.15) is 0 Å². The van der Waals surface area contributed by atoms with E-state index in [1.165, 1.54) is 21.5 Å². The topological polar surface area (TPSA) is 51.8 Å². The van der Waals surface area contributed by atoms with Crippen LogP contribution in [0.2, 0.25) is 13.1 Å². The van der Waals surface area contributed by atoms with Crippen molar-refractivity contribution in [3.05, 3.63) is 164 Å². The molecular formula is C47H33N3OSi. The van der Waals surface area contributed by atoms with Crippen molar-refractivity contribution in [2.45, 2.75) is 13.1 Å². The Morgan fingerprint density at radius 1 is 0.423 bits per heavy atom. The van der Waals surface area contributed by atoms with Gasteiger partial charge in [-0.3, -0.25) is 0 Å². The van der Waals surface area contributed by atoms with Crippen LogP contribution in [0.15, 0.2) is 168 Å². The maximum absolute atomic E-state index is 6.82. The molecular weight excluding hydrogens is 651 g/mol. The summed E-state index contributed by atoms with van der Waals surface area (Å²) in [6.07, 6.45) is 0. The number of fused-ring (bicyclic) bond motifs is 7. The molecule has 52 heavy (non-hydrogen) atoms. The van der Waals surface area contributed by atoms with Crippen LogP contribution in [0, 0.1) is 0 Å². The first-order valence-corrected chi connectivity index (χ1v) is 20.7. The lowest BCUT2D eigenvalue weighted by Crippen LogP contribution is -2.49. The van der Waals surface area contributed by atoms with Gasteiger partial charge in [-0.25, -0.2) is 15.0 Å². The highest BCUT2D eigenvalue weighted by atomic mass is 28.3. The fourth-order valence-electron chi connectivity index (χ4n) is 7.92. The molecule has 1 aliphatic heterocycles. The highest BCUT2D eigenvalue weighted by molar-refractivity contribution is 7.04. The Bertz CT molecular complexity index is 2720. The Labute approximate surface area is 303 Å². The summed E-state index contributed by atoms with van der Waals surface area (Å²) in [6, 6.07) is 57.4. The van der Waals surface area contributed by atoms with Crippen LogP contribution in [-0.2, 0) is 0 Å². The third-order valence-corrected chi connectivity index (χ3v) is 14.0. The maximum Gasteiger partial charge on any atom is 0.164 e. The number of hydrogen-bond acceptors (Lipinski definition) is 4. The molecule has 9 aromatic rings. The Kier molecular flexibility index (Phi) is 6.91. The number of nitrogens with zero attached hydrogens (tertiary/aromatic N) is 3. The van der Waals surface area contributed by atoms with Crippen molar-refractivity contribution < 1.29 is 4.42 Å². The van der Waals surface area contributed by atoms with Gasteiger partial charge in [0, 0.05) is 33.0 Å². The summed E-state index contributed by atoms with van der Waals surface area (Å²) in [5, 5.41) is 4.86. The molecule has 1 aliphatic rings. The fraction of sp³-hybridized carbons (Fsp3) is 0.0426. The van der Waals surface area contributed by atoms with Gasteiger partial charge in [-0.05, 0) is 62.5 Å². The van der Waals surface area contributed by atoms with Gasteiger partial charge in [0.05, 0.1) is 0 Å². The molecule has 0 unspecified atom stereocenters. The summed E-state index contributed by atoms with van der Waals surface area (Å²) >= 11 is 0. The molecule has 246 valence electrons. The fourth-order valence-corrected chi connectivity index (χ4v) is 11.0. The predicted molar refractivity (Wildman–Crippen MR) is 216 cm³/mol. The normalized spacial score (nSPS) is 13.0. The second-order valence-electron chi connectivity index (χ2n) is 14.0. The molecule has 0 N–H and O–H groups in total. The quantitative estimate of drug-likeness (QED) is 0.169. The van der Waals surface area contributed by atoms with E-state index in [2.05, 4.69) is 159 Å². The summed E-state index contributed by atoms with van der Waals surface area (Å²) < 4.78 is 6.82. The predicted octanol–water partition coefficient (Wildman–Crippen LogP) is 10.9. The van der Waals surface area contributed by atoms with Gasteiger partial charge in [0.1, 0.15) is 19.2 Å². The van der Waals surface area contributed by atoms with E-state index in [-0.39, 0.29) is 0 Å². The molecule has 0 fully saturated rings. The van der Waals surface area contributed by atoms with Crippen molar-refractivity contribution >= 4 is 40.4 Å². The minimum Gasteiger partial charge on any atom is -0.455 e. The maximum atomic E-state index is 6.82. The second kappa shape index (κ2) is 11.8. The average Bonchev–Trinajstić information content (AvgIpc) is 3.71. The number of aromatic nitrogens is 3. The van der Waals surface area contributed by atoms with Gasteiger partial charge in [0.15, 0.2) is 17.5 Å². The molecule has 2 aromatic heterocycles. The smallest absolute Gasteiger partial charge is 0.164 e. The zero-order valence-corrected chi connectivity index (χ0v) is 29.8. The lowest BCUT2D eigenvalue weighted by molar-refractivity contribution is 0.670. The molecule has 0 radical (unpaired) electrons. The van der Waals surface area contributed by atoms with E-state index in [1.54, 1.807) is 0 Å². The Morgan fingerprint density at radius 3 is 1.60 bits per heavy atom. The van der Waals surface area contributed by atoms with E-state index in [0.29, 0.717) is 17.5 Å². The zero-order chi connectivity index (χ0) is 34.8. The van der Waals surface area contributed by atoms with E-state index < -0.39 is 8.07 Å². The van der Waals surface area contributed by atoms with Crippen molar-refractivity contribution in [2.75, 3.05) is 0 Å². The molecule has 0 saturated heterocycles. The largest absolute Gasteiger partial charge is 0.455 e. The lowest BCUT2D eigenvalue weighted by Gasteiger charge is -2.19. The van der Waals surface area contributed by atoms with Gasteiger partial charge in [-0.2, -0.15) is 0 Å². The molecule has 10 rings (SSSR count). The molecule has 0 spiro atoms. The van der Waals surface area contributed by atoms with Crippen molar-refractivity contribution in [3.8, 4) is 67.5 Å². The third kappa shape index (κ3) is 4.85. The minimum atomic E-state index is -2.09. The van der Waals surface area contributed by atoms with Crippen LogP contribution < -0.4 is 10.4 Å². The van der Waals surface area contributed by atoms with Gasteiger partial charge in [0.25, 0.3) is 0 Å². The van der Waals surface area contributed by atoms with Gasteiger partial charge >= 0.3 is 0 Å². The van der Waals surface area contributed by atoms with Gasteiger partial charge in [0.2, 0.25) is 0 Å². The SMILES string of the molecule is C[Si]1(C)c2ccccc2-c2c1cc(-c1nc(-c3cccc(-c4ccccc4)c3)nc(-c3cccc(-c4ccccc4)c3)n1)c1c2oc2ccccc21. The number of furan rings is 1. The first-order valence-electron chi connectivity index (χ1n) is 17.7. The second-order valence-corrected chi connectivity index (χ2v) is 18.3. The van der Waals surface area contributed by atoms with Crippen LogP contribution >= 0.6 is 0 Å². The third-order valence-electron chi connectivity index (χ3n) is 10.5.